The highest BCUT2D eigenvalue weighted by Gasteiger charge is 2.46. The topological polar surface area (TPSA) is 198 Å². The summed E-state index contributed by atoms with van der Waals surface area (Å²) in [5.74, 6) is -2.66. The third kappa shape index (κ3) is 9.59. The maximum absolute atomic E-state index is 13.7. The number of carbonyl (C=O) groups excluding carboxylic acids is 5. The number of alkyl carbamates (subject to hydrolysis) is 1. The average Bonchev–Trinajstić information content (AvgIpc) is 3.17. The van der Waals surface area contributed by atoms with Gasteiger partial charge in [-0.15, -0.1) is 0 Å². The Bertz CT molecular complexity index is 972. The summed E-state index contributed by atoms with van der Waals surface area (Å²) in [5, 5.41) is 14.7. The molecule has 2 rings (SSSR count). The number of nitrogens with two attached hydrogens (primary N) is 1. The average molecular weight is 556 g/mol. The van der Waals surface area contributed by atoms with Crippen LogP contribution in [-0.4, -0.2) is 99.2 Å². The first-order chi connectivity index (χ1) is 17.9. The van der Waals surface area contributed by atoms with E-state index in [0.29, 0.717) is 6.42 Å². The van der Waals surface area contributed by atoms with Gasteiger partial charge in [-0.2, -0.15) is 0 Å². The number of nitrogens with one attached hydrogen (secondary N) is 2. The van der Waals surface area contributed by atoms with Gasteiger partial charge >= 0.3 is 18.2 Å². The third-order valence-electron chi connectivity index (χ3n) is 6.14. The third-order valence-corrected chi connectivity index (χ3v) is 6.14. The number of primary amides is 1. The lowest BCUT2D eigenvalue weighted by Gasteiger charge is -2.38. The van der Waals surface area contributed by atoms with Crippen molar-refractivity contribution >= 4 is 35.9 Å². The number of nitrogens with zero attached hydrogens (tertiary/aromatic N) is 2. The number of ether oxygens (including phenoxy) is 2. The molecule has 4 atom stereocenters. The minimum absolute atomic E-state index is 0.0868. The second-order valence-electron chi connectivity index (χ2n) is 11.8. The molecular weight excluding hydrogens is 514 g/mol. The Kier molecular flexibility index (Phi) is 10.2. The summed E-state index contributed by atoms with van der Waals surface area (Å²) >= 11 is 0. The van der Waals surface area contributed by atoms with Crippen LogP contribution in [0.15, 0.2) is 0 Å². The van der Waals surface area contributed by atoms with Gasteiger partial charge in [0.05, 0.1) is 6.54 Å². The largest absolute Gasteiger partial charge is 0.465 e. The first kappa shape index (κ1) is 31.6. The van der Waals surface area contributed by atoms with E-state index in [1.807, 2.05) is 0 Å². The molecule has 2 aliphatic heterocycles. The lowest BCUT2D eigenvalue weighted by molar-refractivity contribution is -0.159. The first-order valence-corrected chi connectivity index (χ1v) is 13.0. The Morgan fingerprint density at radius 1 is 1.03 bits per heavy atom. The number of hydrogen-bond donors (Lipinski definition) is 4. The van der Waals surface area contributed by atoms with Crippen LogP contribution < -0.4 is 16.4 Å². The highest BCUT2D eigenvalue weighted by molar-refractivity contribution is 5.94. The Balaban J connectivity index is 2.29. The molecule has 5 amide bonds. The summed E-state index contributed by atoms with van der Waals surface area (Å²) in [6.45, 7) is 9.68. The van der Waals surface area contributed by atoms with Crippen molar-refractivity contribution in [2.24, 2.45) is 5.73 Å². The minimum atomic E-state index is -1.30. The molecule has 2 fully saturated rings. The van der Waals surface area contributed by atoms with Gasteiger partial charge in [0.2, 0.25) is 17.7 Å². The SMILES string of the molecule is CC(C)(C)OC(=O)N[C@H]1CN(C(=O)O)CC[C@H]2CC[C@@H](C(=O)N[C@@H](CCC(N)=O)C(=O)OC(C)(C)C)N2C1=O. The van der Waals surface area contributed by atoms with E-state index in [0.717, 1.165) is 4.90 Å². The summed E-state index contributed by atoms with van der Waals surface area (Å²) < 4.78 is 10.6. The number of esters is 1. The number of carbonyl (C=O) groups is 6. The maximum Gasteiger partial charge on any atom is 0.408 e. The highest BCUT2D eigenvalue weighted by Crippen LogP contribution is 2.30. The van der Waals surface area contributed by atoms with Gasteiger partial charge in [0.15, 0.2) is 0 Å². The Labute approximate surface area is 227 Å². The molecule has 2 aliphatic rings. The fraction of sp³-hybridized carbons (Fsp3) is 0.760. The van der Waals surface area contributed by atoms with Crippen molar-refractivity contribution in [3.8, 4) is 0 Å². The standard InChI is InChI=1S/C25H41N5O9/c1-24(2,3)38-21(34)15(8-10-18(26)31)27-19(32)17-9-7-14-11-12-29(23(36)37)13-16(20(33)30(14)17)28-22(35)39-25(4,5)6/h14-17H,7-13H2,1-6H3,(H2,26,31)(H,27,32)(H,28,35)(H,36,37)/t14-,15+,16+,17+/m1/s1. The van der Waals surface area contributed by atoms with E-state index >= 15 is 0 Å². The van der Waals surface area contributed by atoms with Crippen LogP contribution in [0.25, 0.3) is 0 Å². The summed E-state index contributed by atoms with van der Waals surface area (Å²) in [5.41, 5.74) is 3.53. The van der Waals surface area contributed by atoms with E-state index in [1.54, 1.807) is 41.5 Å². The lowest BCUT2D eigenvalue weighted by Crippen LogP contribution is -2.62. The first-order valence-electron chi connectivity index (χ1n) is 13.0. The second kappa shape index (κ2) is 12.5. The molecule has 0 bridgehead atoms. The molecule has 2 heterocycles. The van der Waals surface area contributed by atoms with Crippen LogP contribution in [0.2, 0.25) is 0 Å². The fourth-order valence-electron chi connectivity index (χ4n) is 4.54. The predicted molar refractivity (Wildman–Crippen MR) is 137 cm³/mol. The van der Waals surface area contributed by atoms with E-state index in [-0.39, 0.29) is 38.8 Å². The van der Waals surface area contributed by atoms with Crippen LogP contribution in [0, 0.1) is 0 Å². The monoisotopic (exact) mass is 555 g/mol. The zero-order valence-corrected chi connectivity index (χ0v) is 23.4. The van der Waals surface area contributed by atoms with Crippen molar-refractivity contribution in [1.82, 2.24) is 20.4 Å². The van der Waals surface area contributed by atoms with E-state index in [9.17, 15) is 33.9 Å². The molecule has 220 valence electrons. The highest BCUT2D eigenvalue weighted by atomic mass is 16.6. The van der Waals surface area contributed by atoms with Crippen molar-refractivity contribution < 1.29 is 43.3 Å². The van der Waals surface area contributed by atoms with Crippen molar-refractivity contribution in [1.29, 1.82) is 0 Å². The molecule has 14 heteroatoms. The number of hydrogen-bond acceptors (Lipinski definition) is 8. The molecule has 0 aromatic heterocycles. The zero-order valence-electron chi connectivity index (χ0n) is 23.4. The van der Waals surface area contributed by atoms with Gasteiger partial charge in [0.25, 0.3) is 0 Å². The van der Waals surface area contributed by atoms with Gasteiger partial charge in [-0.25, -0.2) is 14.4 Å². The van der Waals surface area contributed by atoms with Gasteiger partial charge in [-0.1, -0.05) is 0 Å². The van der Waals surface area contributed by atoms with Crippen LogP contribution in [0.1, 0.15) is 73.6 Å². The molecule has 0 aromatic carbocycles. The van der Waals surface area contributed by atoms with Crippen LogP contribution in [0.3, 0.4) is 0 Å². The second-order valence-corrected chi connectivity index (χ2v) is 11.8. The summed E-state index contributed by atoms with van der Waals surface area (Å²) in [6.07, 6.45) is -1.45. The quantitative estimate of drug-likeness (QED) is 0.327. The Hall–Kier alpha value is -3.58. The molecule has 0 aromatic rings. The molecule has 0 unspecified atom stereocenters. The van der Waals surface area contributed by atoms with Crippen molar-refractivity contribution in [2.45, 2.75) is 109 Å². The van der Waals surface area contributed by atoms with E-state index in [1.165, 1.54) is 4.90 Å². The Morgan fingerprint density at radius 2 is 1.64 bits per heavy atom. The molecule has 0 radical (unpaired) electrons. The van der Waals surface area contributed by atoms with Crippen LogP contribution in [-0.2, 0) is 28.7 Å². The smallest absolute Gasteiger partial charge is 0.408 e. The van der Waals surface area contributed by atoms with E-state index in [4.69, 9.17) is 15.2 Å². The van der Waals surface area contributed by atoms with Crippen molar-refractivity contribution in [3.05, 3.63) is 0 Å². The molecular formula is C25H41N5O9. The number of amides is 5. The molecule has 39 heavy (non-hydrogen) atoms. The molecule has 2 saturated heterocycles. The van der Waals surface area contributed by atoms with Crippen molar-refractivity contribution in [3.63, 3.8) is 0 Å². The summed E-state index contributed by atoms with van der Waals surface area (Å²) in [7, 11) is 0. The Morgan fingerprint density at radius 3 is 2.18 bits per heavy atom. The molecule has 0 aliphatic carbocycles. The zero-order chi connectivity index (χ0) is 29.7. The van der Waals surface area contributed by atoms with Gasteiger partial charge in [-0.05, 0) is 67.2 Å². The molecule has 0 saturated carbocycles. The molecule has 0 spiro atoms. The number of rotatable bonds is 7. The van der Waals surface area contributed by atoms with Crippen LogP contribution >= 0.6 is 0 Å². The molecule has 14 nitrogen and oxygen atoms in total. The summed E-state index contributed by atoms with van der Waals surface area (Å²) in [6, 6.07) is -3.93. The fourth-order valence-corrected chi connectivity index (χ4v) is 4.54. The van der Waals surface area contributed by atoms with Gasteiger partial charge < -0.3 is 40.7 Å². The number of carboxylic acid groups (broad SMARTS) is 1. The normalized spacial score (nSPS) is 22.6. The number of fused-ring (bicyclic) bond motifs is 1. The summed E-state index contributed by atoms with van der Waals surface area (Å²) in [4.78, 5) is 77.9. The van der Waals surface area contributed by atoms with Crippen LogP contribution in [0.4, 0.5) is 9.59 Å². The molecule has 5 N–H and O–H groups in total. The lowest BCUT2D eigenvalue weighted by atomic mass is 10.1. The maximum atomic E-state index is 13.7. The van der Waals surface area contributed by atoms with E-state index < -0.39 is 71.2 Å². The van der Waals surface area contributed by atoms with Gasteiger partial charge in [0, 0.05) is 19.0 Å². The minimum Gasteiger partial charge on any atom is -0.465 e. The van der Waals surface area contributed by atoms with Gasteiger partial charge in [0.1, 0.15) is 29.3 Å². The predicted octanol–water partition coefficient (Wildman–Crippen LogP) is 0.715. The van der Waals surface area contributed by atoms with Crippen molar-refractivity contribution in [2.75, 3.05) is 13.1 Å². The van der Waals surface area contributed by atoms with Crippen LogP contribution in [0.5, 0.6) is 0 Å². The van der Waals surface area contributed by atoms with Gasteiger partial charge in [-0.3, -0.25) is 14.4 Å². The van der Waals surface area contributed by atoms with E-state index in [2.05, 4.69) is 10.6 Å².